The Balaban J connectivity index is 1.98. The molecule has 0 bridgehead atoms. The molecule has 1 unspecified atom stereocenters. The Labute approximate surface area is 105 Å². The van der Waals surface area contributed by atoms with Gasteiger partial charge in [-0.3, -0.25) is 0 Å². The number of nitrogens with zero attached hydrogens (tertiary/aromatic N) is 1. The highest BCUT2D eigenvalue weighted by atomic mass is 16.4. The lowest BCUT2D eigenvalue weighted by Gasteiger charge is -2.25. The number of benzene rings is 1. The first kappa shape index (κ1) is 11.1. The molecule has 0 aliphatic heterocycles. The third-order valence-electron chi connectivity index (χ3n) is 3.69. The molecule has 1 atom stereocenters. The molecule has 0 spiro atoms. The van der Waals surface area contributed by atoms with Gasteiger partial charge in [0.2, 0.25) is 0 Å². The van der Waals surface area contributed by atoms with E-state index in [0.29, 0.717) is 18.6 Å². The molecule has 0 amide bonds. The quantitative estimate of drug-likeness (QED) is 0.876. The predicted octanol–water partition coefficient (Wildman–Crippen LogP) is 2.62. The highest BCUT2D eigenvalue weighted by Gasteiger charge is 2.45. The monoisotopic (exact) mass is 239 g/mol. The molecule has 1 aromatic heterocycles. The van der Waals surface area contributed by atoms with Gasteiger partial charge in [-0.2, -0.15) is 5.26 Å². The minimum absolute atomic E-state index is 0.462. The Morgan fingerprint density at radius 1 is 1.17 bits per heavy atom. The summed E-state index contributed by atoms with van der Waals surface area (Å²) in [6.07, 6.45) is 1.78. The van der Waals surface area contributed by atoms with E-state index in [1.165, 1.54) is 6.26 Å². The van der Waals surface area contributed by atoms with Crippen molar-refractivity contribution in [1.82, 2.24) is 0 Å². The third kappa shape index (κ3) is 1.54. The van der Waals surface area contributed by atoms with Crippen LogP contribution in [0.2, 0.25) is 0 Å². The molecular formula is C15H13NO2. The summed E-state index contributed by atoms with van der Waals surface area (Å²) in [7, 11) is 0. The van der Waals surface area contributed by atoms with E-state index >= 15 is 0 Å². The molecule has 18 heavy (non-hydrogen) atoms. The standard InChI is InChI=1S/C15H13NO2/c16-10-15(14(17)13-6-3-7-18-13)8-11-4-1-2-5-12(11)9-15/h1-7,14,17H,8-9H2. The van der Waals surface area contributed by atoms with Gasteiger partial charge in [0.15, 0.2) is 0 Å². The molecule has 0 saturated heterocycles. The van der Waals surface area contributed by atoms with Crippen LogP contribution in [-0.4, -0.2) is 5.11 Å². The average Bonchev–Trinajstić information content (AvgIpc) is 3.05. The van der Waals surface area contributed by atoms with Gasteiger partial charge in [0, 0.05) is 0 Å². The van der Waals surface area contributed by atoms with Crippen LogP contribution in [0.4, 0.5) is 0 Å². The molecule has 1 aliphatic carbocycles. The molecule has 3 rings (SSSR count). The van der Waals surface area contributed by atoms with E-state index in [0.717, 1.165) is 11.1 Å². The third-order valence-corrected chi connectivity index (χ3v) is 3.69. The molecule has 3 nitrogen and oxygen atoms in total. The average molecular weight is 239 g/mol. The second-order valence-corrected chi connectivity index (χ2v) is 4.81. The number of aliphatic hydroxyl groups is 1. The molecular weight excluding hydrogens is 226 g/mol. The lowest BCUT2D eigenvalue weighted by atomic mass is 9.79. The smallest absolute Gasteiger partial charge is 0.133 e. The summed E-state index contributed by atoms with van der Waals surface area (Å²) in [6.45, 7) is 0. The van der Waals surface area contributed by atoms with Crippen LogP contribution in [0.25, 0.3) is 0 Å². The fraction of sp³-hybridized carbons (Fsp3) is 0.267. The van der Waals surface area contributed by atoms with Gasteiger partial charge in [0.05, 0.1) is 17.7 Å². The SMILES string of the molecule is N#CC1(C(O)c2ccco2)Cc2ccccc2C1. The number of hydrogen-bond acceptors (Lipinski definition) is 3. The number of furan rings is 1. The largest absolute Gasteiger partial charge is 0.467 e. The van der Waals surface area contributed by atoms with Crippen LogP contribution in [0.5, 0.6) is 0 Å². The van der Waals surface area contributed by atoms with E-state index in [2.05, 4.69) is 6.07 Å². The molecule has 1 aliphatic rings. The number of rotatable bonds is 2. The summed E-state index contributed by atoms with van der Waals surface area (Å²) < 4.78 is 5.23. The molecule has 90 valence electrons. The van der Waals surface area contributed by atoms with E-state index < -0.39 is 11.5 Å². The van der Waals surface area contributed by atoms with Crippen LogP contribution >= 0.6 is 0 Å². The Morgan fingerprint density at radius 3 is 2.33 bits per heavy atom. The van der Waals surface area contributed by atoms with Gasteiger partial charge >= 0.3 is 0 Å². The Bertz CT molecular complexity index is 570. The Kier molecular flexibility index (Phi) is 2.46. The van der Waals surface area contributed by atoms with E-state index in [1.807, 2.05) is 24.3 Å². The van der Waals surface area contributed by atoms with Gasteiger partial charge in [-0.15, -0.1) is 0 Å². The number of fused-ring (bicyclic) bond motifs is 1. The van der Waals surface area contributed by atoms with Crippen molar-refractivity contribution in [3.8, 4) is 6.07 Å². The van der Waals surface area contributed by atoms with Crippen LogP contribution in [0.3, 0.4) is 0 Å². The first-order valence-electron chi connectivity index (χ1n) is 5.95. The minimum Gasteiger partial charge on any atom is -0.467 e. The molecule has 1 heterocycles. The zero-order chi connectivity index (χ0) is 12.6. The summed E-state index contributed by atoms with van der Waals surface area (Å²) in [5.74, 6) is 0.462. The van der Waals surface area contributed by atoms with Gasteiger partial charge in [-0.1, -0.05) is 24.3 Å². The van der Waals surface area contributed by atoms with Gasteiger partial charge in [-0.05, 0) is 36.1 Å². The fourth-order valence-corrected chi connectivity index (χ4v) is 2.70. The highest BCUT2D eigenvalue weighted by Crippen LogP contribution is 2.45. The molecule has 2 aromatic rings. The van der Waals surface area contributed by atoms with Crippen LogP contribution < -0.4 is 0 Å². The van der Waals surface area contributed by atoms with Crippen molar-refractivity contribution in [1.29, 1.82) is 5.26 Å². The normalized spacial score (nSPS) is 18.0. The molecule has 0 radical (unpaired) electrons. The van der Waals surface area contributed by atoms with Crippen LogP contribution in [0.1, 0.15) is 23.0 Å². The summed E-state index contributed by atoms with van der Waals surface area (Å²) in [6, 6.07) is 13.7. The van der Waals surface area contributed by atoms with Crippen LogP contribution in [-0.2, 0) is 12.8 Å². The lowest BCUT2D eigenvalue weighted by molar-refractivity contribution is 0.0497. The molecule has 3 heteroatoms. The minimum atomic E-state index is -0.884. The van der Waals surface area contributed by atoms with Gasteiger partial charge < -0.3 is 9.52 Å². The maximum atomic E-state index is 10.4. The van der Waals surface area contributed by atoms with Gasteiger partial charge in [-0.25, -0.2) is 0 Å². The van der Waals surface area contributed by atoms with Crippen LogP contribution in [0, 0.1) is 16.7 Å². The maximum absolute atomic E-state index is 10.4. The van der Waals surface area contributed by atoms with Crippen molar-refractivity contribution >= 4 is 0 Å². The second kappa shape index (κ2) is 4.01. The van der Waals surface area contributed by atoms with Crippen molar-refractivity contribution in [2.45, 2.75) is 18.9 Å². The van der Waals surface area contributed by atoms with Gasteiger partial charge in [0.25, 0.3) is 0 Å². The van der Waals surface area contributed by atoms with Crippen molar-refractivity contribution in [2.75, 3.05) is 0 Å². The van der Waals surface area contributed by atoms with Gasteiger partial charge in [0.1, 0.15) is 11.9 Å². The summed E-state index contributed by atoms with van der Waals surface area (Å²) >= 11 is 0. The van der Waals surface area contributed by atoms with E-state index in [1.54, 1.807) is 12.1 Å². The zero-order valence-corrected chi connectivity index (χ0v) is 9.84. The van der Waals surface area contributed by atoms with Crippen molar-refractivity contribution in [3.63, 3.8) is 0 Å². The van der Waals surface area contributed by atoms with Crippen molar-refractivity contribution < 1.29 is 9.52 Å². The second-order valence-electron chi connectivity index (χ2n) is 4.81. The highest BCUT2D eigenvalue weighted by molar-refractivity contribution is 5.38. The van der Waals surface area contributed by atoms with Crippen LogP contribution in [0.15, 0.2) is 47.1 Å². The topological polar surface area (TPSA) is 57.2 Å². The van der Waals surface area contributed by atoms with E-state index in [-0.39, 0.29) is 0 Å². The Morgan fingerprint density at radius 2 is 1.83 bits per heavy atom. The fourth-order valence-electron chi connectivity index (χ4n) is 2.70. The molecule has 1 N–H and O–H groups in total. The number of hydrogen-bond donors (Lipinski definition) is 1. The van der Waals surface area contributed by atoms with Crippen molar-refractivity contribution in [2.24, 2.45) is 5.41 Å². The zero-order valence-electron chi connectivity index (χ0n) is 9.84. The molecule has 0 saturated carbocycles. The Hall–Kier alpha value is -2.05. The van der Waals surface area contributed by atoms with E-state index in [9.17, 15) is 10.4 Å². The number of aliphatic hydroxyl groups excluding tert-OH is 1. The maximum Gasteiger partial charge on any atom is 0.133 e. The number of nitriles is 1. The first-order valence-corrected chi connectivity index (χ1v) is 5.95. The van der Waals surface area contributed by atoms with E-state index in [4.69, 9.17) is 4.42 Å². The van der Waals surface area contributed by atoms with Crippen molar-refractivity contribution in [3.05, 3.63) is 59.5 Å². The lowest BCUT2D eigenvalue weighted by Crippen LogP contribution is -2.28. The summed E-state index contributed by atoms with van der Waals surface area (Å²) in [5, 5.41) is 19.9. The molecule has 0 fully saturated rings. The summed E-state index contributed by atoms with van der Waals surface area (Å²) in [5.41, 5.74) is 1.48. The molecule has 1 aromatic carbocycles. The summed E-state index contributed by atoms with van der Waals surface area (Å²) in [4.78, 5) is 0. The predicted molar refractivity (Wildman–Crippen MR) is 65.6 cm³/mol. The first-order chi connectivity index (χ1) is 8.75.